The van der Waals surface area contributed by atoms with Crippen molar-refractivity contribution < 1.29 is 19.1 Å². The average Bonchev–Trinajstić information content (AvgIpc) is 2.76. The number of carbonyl (C=O) groups is 1. The zero-order valence-electron chi connectivity index (χ0n) is 12.0. The van der Waals surface area contributed by atoms with Crippen LogP contribution >= 0.6 is 0 Å². The Kier molecular flexibility index (Phi) is 5.57. The Morgan fingerprint density at radius 2 is 2.16 bits per heavy atom. The molecule has 0 bridgehead atoms. The number of rotatable bonds is 6. The Hall–Kier alpha value is -1.33. The first-order chi connectivity index (χ1) is 8.88. The molecule has 1 aromatic rings. The van der Waals surface area contributed by atoms with Crippen LogP contribution in [0.25, 0.3) is 0 Å². The SMILES string of the molecule is COCc1ccc(C(=O)NC(CCO)C(C)(C)C)o1. The summed E-state index contributed by atoms with van der Waals surface area (Å²) in [5.74, 6) is 0.608. The van der Waals surface area contributed by atoms with Crippen LogP contribution in [0.2, 0.25) is 0 Å². The number of methoxy groups -OCH3 is 1. The molecular formula is C14H23NO4. The number of nitrogens with one attached hydrogen (secondary N) is 1. The van der Waals surface area contributed by atoms with E-state index in [1.54, 1.807) is 19.2 Å². The molecule has 1 aromatic heterocycles. The highest BCUT2D eigenvalue weighted by atomic mass is 16.5. The predicted molar refractivity (Wildman–Crippen MR) is 71.8 cm³/mol. The zero-order valence-corrected chi connectivity index (χ0v) is 12.0. The second-order valence-corrected chi connectivity index (χ2v) is 5.60. The van der Waals surface area contributed by atoms with Crippen LogP contribution in [0.1, 0.15) is 43.5 Å². The van der Waals surface area contributed by atoms with E-state index in [2.05, 4.69) is 5.32 Å². The van der Waals surface area contributed by atoms with E-state index >= 15 is 0 Å². The maximum absolute atomic E-state index is 12.1. The van der Waals surface area contributed by atoms with Gasteiger partial charge in [0.1, 0.15) is 12.4 Å². The van der Waals surface area contributed by atoms with Crippen LogP contribution in [0.15, 0.2) is 16.5 Å². The lowest BCUT2D eigenvalue weighted by atomic mass is 9.85. The first kappa shape index (κ1) is 15.7. The molecule has 19 heavy (non-hydrogen) atoms. The predicted octanol–water partition coefficient (Wildman–Crippen LogP) is 1.95. The van der Waals surface area contributed by atoms with Gasteiger partial charge < -0.3 is 19.6 Å². The molecule has 0 aliphatic carbocycles. The molecule has 1 atom stereocenters. The van der Waals surface area contributed by atoms with Crippen LogP contribution in [-0.2, 0) is 11.3 Å². The van der Waals surface area contributed by atoms with Crippen molar-refractivity contribution in [1.29, 1.82) is 0 Å². The van der Waals surface area contributed by atoms with Gasteiger partial charge in [-0.25, -0.2) is 0 Å². The summed E-state index contributed by atoms with van der Waals surface area (Å²) in [5.41, 5.74) is -0.125. The second kappa shape index (κ2) is 6.73. The summed E-state index contributed by atoms with van der Waals surface area (Å²) in [7, 11) is 1.57. The van der Waals surface area contributed by atoms with Gasteiger partial charge in [0.15, 0.2) is 5.76 Å². The number of aliphatic hydroxyl groups excluding tert-OH is 1. The molecule has 108 valence electrons. The molecule has 0 aliphatic heterocycles. The van der Waals surface area contributed by atoms with Gasteiger partial charge in [-0.15, -0.1) is 0 Å². The lowest BCUT2D eigenvalue weighted by molar-refractivity contribution is 0.0849. The van der Waals surface area contributed by atoms with Gasteiger partial charge in [-0.1, -0.05) is 20.8 Å². The minimum absolute atomic E-state index is 0.0370. The minimum atomic E-state index is -0.268. The minimum Gasteiger partial charge on any atom is -0.453 e. The first-order valence-corrected chi connectivity index (χ1v) is 6.38. The molecule has 2 N–H and O–H groups in total. The van der Waals surface area contributed by atoms with Crippen molar-refractivity contribution in [2.75, 3.05) is 13.7 Å². The Balaban J connectivity index is 2.70. The van der Waals surface area contributed by atoms with E-state index in [1.165, 1.54) is 0 Å². The highest BCUT2D eigenvalue weighted by Gasteiger charge is 2.26. The topological polar surface area (TPSA) is 71.7 Å². The van der Waals surface area contributed by atoms with Crippen LogP contribution in [0, 0.1) is 5.41 Å². The normalized spacial score (nSPS) is 13.3. The third-order valence-corrected chi connectivity index (χ3v) is 2.94. The molecule has 0 saturated heterocycles. The zero-order chi connectivity index (χ0) is 14.5. The molecular weight excluding hydrogens is 246 g/mol. The van der Waals surface area contributed by atoms with E-state index in [0.717, 1.165) is 0 Å². The van der Waals surface area contributed by atoms with E-state index in [-0.39, 0.29) is 29.7 Å². The van der Waals surface area contributed by atoms with E-state index < -0.39 is 0 Å². The standard InChI is InChI=1S/C14H23NO4/c1-14(2,3)12(7-8-16)15-13(17)11-6-5-10(19-11)9-18-4/h5-6,12,16H,7-9H2,1-4H3,(H,15,17). The summed E-state index contributed by atoms with van der Waals surface area (Å²) in [6.07, 6.45) is 0.515. The van der Waals surface area contributed by atoms with E-state index in [9.17, 15) is 4.79 Å². The quantitative estimate of drug-likeness (QED) is 0.828. The highest BCUT2D eigenvalue weighted by Crippen LogP contribution is 2.22. The molecule has 1 unspecified atom stereocenters. The number of amides is 1. The van der Waals surface area contributed by atoms with Crippen molar-refractivity contribution in [3.05, 3.63) is 23.7 Å². The lowest BCUT2D eigenvalue weighted by Gasteiger charge is -2.30. The van der Waals surface area contributed by atoms with Gasteiger partial charge in [-0.05, 0) is 24.0 Å². The summed E-state index contributed by atoms with van der Waals surface area (Å²) in [6, 6.07) is 3.24. The summed E-state index contributed by atoms with van der Waals surface area (Å²) in [5, 5.41) is 12.0. The van der Waals surface area contributed by atoms with Gasteiger partial charge in [0.05, 0.1) is 0 Å². The van der Waals surface area contributed by atoms with Crippen molar-refractivity contribution in [1.82, 2.24) is 5.32 Å². The summed E-state index contributed by atoms with van der Waals surface area (Å²) in [4.78, 5) is 12.1. The molecule has 1 heterocycles. The van der Waals surface area contributed by atoms with Gasteiger partial charge in [-0.2, -0.15) is 0 Å². The van der Waals surface area contributed by atoms with Crippen LogP contribution < -0.4 is 5.32 Å². The number of furan rings is 1. The Morgan fingerprint density at radius 1 is 1.47 bits per heavy atom. The van der Waals surface area contributed by atoms with E-state index in [1.807, 2.05) is 20.8 Å². The molecule has 0 spiro atoms. The molecule has 0 fully saturated rings. The van der Waals surface area contributed by atoms with Crippen LogP contribution in [0.5, 0.6) is 0 Å². The number of hydrogen-bond donors (Lipinski definition) is 2. The fraction of sp³-hybridized carbons (Fsp3) is 0.643. The first-order valence-electron chi connectivity index (χ1n) is 6.38. The fourth-order valence-corrected chi connectivity index (χ4v) is 1.80. The number of aliphatic hydroxyl groups is 1. The highest BCUT2D eigenvalue weighted by molar-refractivity contribution is 5.91. The Morgan fingerprint density at radius 3 is 2.68 bits per heavy atom. The van der Waals surface area contributed by atoms with E-state index in [4.69, 9.17) is 14.3 Å². The monoisotopic (exact) mass is 269 g/mol. The maximum Gasteiger partial charge on any atom is 0.287 e. The summed E-state index contributed by atoms with van der Waals surface area (Å²) < 4.78 is 10.3. The summed E-state index contributed by atoms with van der Waals surface area (Å²) in [6.45, 7) is 6.44. The largest absolute Gasteiger partial charge is 0.453 e. The van der Waals surface area contributed by atoms with Crippen molar-refractivity contribution in [3.8, 4) is 0 Å². The number of carbonyl (C=O) groups excluding carboxylic acids is 1. The van der Waals surface area contributed by atoms with Crippen molar-refractivity contribution in [2.24, 2.45) is 5.41 Å². The lowest BCUT2D eigenvalue weighted by Crippen LogP contribution is -2.44. The van der Waals surface area contributed by atoms with Gasteiger partial charge >= 0.3 is 0 Å². The van der Waals surface area contributed by atoms with Gasteiger partial charge in [0.25, 0.3) is 5.91 Å². The third-order valence-electron chi connectivity index (χ3n) is 2.94. The average molecular weight is 269 g/mol. The molecule has 1 amide bonds. The van der Waals surface area contributed by atoms with Crippen LogP contribution in [-0.4, -0.2) is 30.8 Å². The fourth-order valence-electron chi connectivity index (χ4n) is 1.80. The Bertz CT molecular complexity index is 406. The molecule has 5 heteroatoms. The molecule has 0 saturated carbocycles. The van der Waals surface area contributed by atoms with Crippen molar-refractivity contribution >= 4 is 5.91 Å². The van der Waals surface area contributed by atoms with Gasteiger partial charge in [0.2, 0.25) is 0 Å². The number of ether oxygens (including phenoxy) is 1. The van der Waals surface area contributed by atoms with Crippen LogP contribution in [0.4, 0.5) is 0 Å². The second-order valence-electron chi connectivity index (χ2n) is 5.60. The molecule has 1 rings (SSSR count). The number of hydrogen-bond acceptors (Lipinski definition) is 4. The Labute approximate surface area is 113 Å². The summed E-state index contributed by atoms with van der Waals surface area (Å²) >= 11 is 0. The molecule has 0 radical (unpaired) electrons. The molecule has 0 aliphatic rings. The molecule has 0 aromatic carbocycles. The van der Waals surface area contributed by atoms with E-state index in [0.29, 0.717) is 18.8 Å². The maximum atomic E-state index is 12.1. The van der Waals surface area contributed by atoms with Gasteiger partial charge in [-0.3, -0.25) is 4.79 Å². The smallest absolute Gasteiger partial charge is 0.287 e. The van der Waals surface area contributed by atoms with Crippen molar-refractivity contribution in [2.45, 2.75) is 39.8 Å². The third kappa shape index (κ3) is 4.69. The van der Waals surface area contributed by atoms with Crippen LogP contribution in [0.3, 0.4) is 0 Å². The van der Waals surface area contributed by atoms with Gasteiger partial charge in [0, 0.05) is 19.8 Å². The molecule has 5 nitrogen and oxygen atoms in total. The van der Waals surface area contributed by atoms with Crippen molar-refractivity contribution in [3.63, 3.8) is 0 Å².